The lowest BCUT2D eigenvalue weighted by atomic mass is 10.1. The molecule has 0 saturated carbocycles. The van der Waals surface area contributed by atoms with Gasteiger partial charge in [0.05, 0.1) is 10.7 Å². The van der Waals surface area contributed by atoms with Gasteiger partial charge in [0.1, 0.15) is 6.20 Å². The average Bonchev–Trinajstić information content (AvgIpc) is 2.30. The van der Waals surface area contributed by atoms with Crippen LogP contribution in [0.15, 0.2) is 0 Å². The van der Waals surface area contributed by atoms with E-state index in [1.54, 1.807) is 0 Å². The van der Waals surface area contributed by atoms with Gasteiger partial charge in [0.2, 0.25) is 0 Å². The second-order valence-corrected chi connectivity index (χ2v) is 3.88. The molecule has 0 aliphatic heterocycles. The Morgan fingerprint density at radius 1 is 1.33 bits per heavy atom. The summed E-state index contributed by atoms with van der Waals surface area (Å²) in [7, 11) is 0. The summed E-state index contributed by atoms with van der Waals surface area (Å²) in [4.78, 5) is 0. The van der Waals surface area contributed by atoms with Gasteiger partial charge in [-0.25, -0.2) is 0 Å². The quantitative estimate of drug-likeness (QED) is 0.693. The van der Waals surface area contributed by atoms with Gasteiger partial charge in [-0.15, -0.1) is 0 Å². The van der Waals surface area contributed by atoms with E-state index in [1.807, 2.05) is 4.68 Å². The Morgan fingerprint density at radius 2 is 1.92 bits per heavy atom. The molecular weight excluding hydrogens is 172 g/mol. The molecule has 1 heterocycles. The van der Waals surface area contributed by atoms with Crippen LogP contribution in [0.3, 0.4) is 0 Å². The third-order valence-electron chi connectivity index (χ3n) is 1.76. The first kappa shape index (κ1) is 9.59. The molecule has 1 radical (unpaired) electrons. The van der Waals surface area contributed by atoms with E-state index in [0.717, 1.165) is 5.69 Å². The van der Waals surface area contributed by atoms with Crippen LogP contribution in [0.4, 0.5) is 0 Å². The molecule has 12 heavy (non-hydrogen) atoms. The van der Waals surface area contributed by atoms with E-state index in [9.17, 15) is 0 Å². The summed E-state index contributed by atoms with van der Waals surface area (Å²) in [5.41, 5.74) is 1.08. The summed E-state index contributed by atoms with van der Waals surface area (Å²) in [6.45, 7) is 8.39. The highest BCUT2D eigenvalue weighted by molar-refractivity contribution is 6.31. The fourth-order valence-electron chi connectivity index (χ4n) is 1.22. The number of aromatic nitrogens is 2. The summed E-state index contributed by atoms with van der Waals surface area (Å²) >= 11 is 5.95. The predicted molar refractivity (Wildman–Crippen MR) is 50.5 cm³/mol. The zero-order valence-corrected chi connectivity index (χ0v) is 8.68. The van der Waals surface area contributed by atoms with E-state index >= 15 is 0 Å². The van der Waals surface area contributed by atoms with Gasteiger partial charge in [0, 0.05) is 6.04 Å². The maximum absolute atomic E-state index is 5.95. The summed E-state index contributed by atoms with van der Waals surface area (Å²) in [5.74, 6) is 0.402. The molecule has 67 valence electrons. The first-order chi connectivity index (χ1) is 5.54. The average molecular weight is 186 g/mol. The van der Waals surface area contributed by atoms with Gasteiger partial charge in [-0.05, 0) is 19.8 Å². The van der Waals surface area contributed by atoms with Gasteiger partial charge in [-0.3, -0.25) is 4.68 Å². The molecule has 0 fully saturated rings. The fourth-order valence-corrected chi connectivity index (χ4v) is 1.56. The normalized spacial score (nSPS) is 11.6. The molecule has 0 atom stereocenters. The van der Waals surface area contributed by atoms with E-state index in [1.165, 1.54) is 0 Å². The largest absolute Gasteiger partial charge is 0.265 e. The first-order valence-corrected chi connectivity index (χ1v) is 4.57. The van der Waals surface area contributed by atoms with E-state index in [-0.39, 0.29) is 0 Å². The minimum Gasteiger partial charge on any atom is -0.265 e. The molecule has 0 unspecified atom stereocenters. The molecule has 0 aromatic carbocycles. The van der Waals surface area contributed by atoms with Crippen LogP contribution >= 0.6 is 11.6 Å². The molecule has 3 heteroatoms. The number of nitrogens with zero attached hydrogens (tertiary/aromatic N) is 2. The molecule has 0 aliphatic rings. The van der Waals surface area contributed by atoms with Crippen molar-refractivity contribution in [2.24, 2.45) is 0 Å². The molecule has 0 N–H and O–H groups in total. The van der Waals surface area contributed by atoms with Crippen molar-refractivity contribution < 1.29 is 0 Å². The van der Waals surface area contributed by atoms with E-state index in [2.05, 4.69) is 39.0 Å². The Morgan fingerprint density at radius 3 is 2.25 bits per heavy atom. The SMILES string of the molecule is CC(C)c1c(Cl)[c]nn1C(C)C. The number of hydrogen-bond acceptors (Lipinski definition) is 1. The first-order valence-electron chi connectivity index (χ1n) is 4.19. The summed E-state index contributed by atoms with van der Waals surface area (Å²) < 4.78 is 1.92. The van der Waals surface area contributed by atoms with Gasteiger partial charge in [-0.1, -0.05) is 25.4 Å². The Hall–Kier alpha value is -0.500. The third-order valence-corrected chi connectivity index (χ3v) is 2.04. The lowest BCUT2D eigenvalue weighted by Gasteiger charge is -2.13. The van der Waals surface area contributed by atoms with Crippen LogP contribution < -0.4 is 0 Å². The van der Waals surface area contributed by atoms with Crippen LogP contribution in [-0.2, 0) is 0 Å². The molecular formula is C9H14ClN2. The minimum absolute atomic E-state index is 0.353. The molecule has 1 aromatic heterocycles. The second kappa shape index (κ2) is 3.48. The molecule has 0 aliphatic carbocycles. The minimum atomic E-state index is 0.353. The zero-order valence-electron chi connectivity index (χ0n) is 7.93. The van der Waals surface area contributed by atoms with Gasteiger partial charge in [-0.2, -0.15) is 5.10 Å². The van der Waals surface area contributed by atoms with Crippen molar-refractivity contribution in [2.75, 3.05) is 0 Å². The molecule has 0 saturated heterocycles. The lowest BCUT2D eigenvalue weighted by Crippen LogP contribution is -2.08. The van der Waals surface area contributed by atoms with Crippen molar-refractivity contribution in [2.45, 2.75) is 39.7 Å². The monoisotopic (exact) mass is 185 g/mol. The predicted octanol–water partition coefficient (Wildman–Crippen LogP) is 3.04. The van der Waals surface area contributed by atoms with Crippen LogP contribution in [0.1, 0.15) is 45.3 Å². The van der Waals surface area contributed by atoms with Crippen molar-refractivity contribution in [1.82, 2.24) is 9.78 Å². The Balaban J connectivity index is 3.12. The number of rotatable bonds is 2. The van der Waals surface area contributed by atoms with Crippen molar-refractivity contribution in [3.8, 4) is 0 Å². The van der Waals surface area contributed by atoms with Crippen LogP contribution in [0.5, 0.6) is 0 Å². The van der Waals surface area contributed by atoms with Gasteiger partial charge in [0.15, 0.2) is 0 Å². The number of halogens is 1. The summed E-state index contributed by atoms with van der Waals surface area (Å²) in [5, 5.41) is 4.75. The zero-order chi connectivity index (χ0) is 9.30. The van der Waals surface area contributed by atoms with Crippen molar-refractivity contribution >= 4 is 11.6 Å². The maximum Gasteiger partial charge on any atom is 0.133 e. The topological polar surface area (TPSA) is 17.8 Å². The second-order valence-electron chi connectivity index (χ2n) is 3.50. The van der Waals surface area contributed by atoms with Crippen LogP contribution in [0, 0.1) is 6.20 Å². The van der Waals surface area contributed by atoms with Crippen LogP contribution in [0.25, 0.3) is 0 Å². The fraction of sp³-hybridized carbons (Fsp3) is 0.667. The molecule has 0 amide bonds. The maximum atomic E-state index is 5.95. The van der Waals surface area contributed by atoms with Crippen molar-refractivity contribution in [1.29, 1.82) is 0 Å². The van der Waals surface area contributed by atoms with E-state index in [4.69, 9.17) is 11.6 Å². The lowest BCUT2D eigenvalue weighted by molar-refractivity contribution is 0.497. The van der Waals surface area contributed by atoms with Gasteiger partial charge >= 0.3 is 0 Å². The molecule has 0 spiro atoms. The third kappa shape index (κ3) is 1.63. The Bertz CT molecular complexity index is 263. The summed E-state index contributed by atoms with van der Waals surface area (Å²) in [6, 6.07) is 0.353. The van der Waals surface area contributed by atoms with Crippen LogP contribution in [0.2, 0.25) is 5.02 Å². The highest BCUT2D eigenvalue weighted by atomic mass is 35.5. The Labute approximate surface area is 78.5 Å². The van der Waals surface area contributed by atoms with Gasteiger partial charge in [0.25, 0.3) is 0 Å². The standard InChI is InChI=1S/C9H14ClN2/c1-6(2)9-8(10)5-11-12(9)7(3)4/h6-7H,1-4H3. The smallest absolute Gasteiger partial charge is 0.133 e. The van der Waals surface area contributed by atoms with Crippen molar-refractivity contribution in [3.05, 3.63) is 16.9 Å². The van der Waals surface area contributed by atoms with Crippen LogP contribution in [-0.4, -0.2) is 9.78 Å². The van der Waals surface area contributed by atoms with Crippen molar-refractivity contribution in [3.63, 3.8) is 0 Å². The highest BCUT2D eigenvalue weighted by Gasteiger charge is 2.14. The van der Waals surface area contributed by atoms with E-state index < -0.39 is 0 Å². The van der Waals surface area contributed by atoms with Gasteiger partial charge < -0.3 is 0 Å². The Kier molecular flexibility index (Phi) is 2.78. The molecule has 0 bridgehead atoms. The molecule has 1 aromatic rings. The molecule has 1 rings (SSSR count). The highest BCUT2D eigenvalue weighted by Crippen LogP contribution is 2.25. The van der Waals surface area contributed by atoms with E-state index in [0.29, 0.717) is 17.0 Å². The molecule has 2 nitrogen and oxygen atoms in total. The number of hydrogen-bond donors (Lipinski definition) is 0. The summed E-state index contributed by atoms with van der Waals surface area (Å²) in [6.07, 6.45) is 2.78.